The molecule has 2 aromatic heterocycles. The van der Waals surface area contributed by atoms with Gasteiger partial charge in [0.1, 0.15) is 0 Å². The van der Waals surface area contributed by atoms with E-state index >= 15 is 0 Å². The number of aryl methyl sites for hydroxylation is 2. The lowest BCUT2D eigenvalue weighted by atomic mass is 10.1. The number of aromatic nitrogens is 2. The fraction of sp³-hybridized carbons (Fsp3) is 0.533. The van der Waals surface area contributed by atoms with E-state index in [1.165, 1.54) is 33.9 Å². The Balaban J connectivity index is 1.80. The molecular weight excluding hydrogens is 254 g/mol. The van der Waals surface area contributed by atoms with E-state index in [0.29, 0.717) is 6.04 Å². The molecule has 0 radical (unpaired) electrons. The van der Waals surface area contributed by atoms with Crippen molar-refractivity contribution in [3.8, 4) is 0 Å². The summed E-state index contributed by atoms with van der Waals surface area (Å²) in [6.07, 6.45) is 6.60. The van der Waals surface area contributed by atoms with Crippen LogP contribution in [-0.4, -0.2) is 15.6 Å². The molecule has 1 atom stereocenters. The van der Waals surface area contributed by atoms with E-state index in [9.17, 15) is 0 Å². The van der Waals surface area contributed by atoms with Gasteiger partial charge < -0.3 is 9.88 Å². The van der Waals surface area contributed by atoms with Crippen molar-refractivity contribution in [2.24, 2.45) is 0 Å². The van der Waals surface area contributed by atoms with E-state index in [1.807, 2.05) is 23.9 Å². The quantitative estimate of drug-likeness (QED) is 0.906. The molecule has 102 valence electrons. The van der Waals surface area contributed by atoms with E-state index in [2.05, 4.69) is 41.7 Å². The first-order valence-corrected chi connectivity index (χ1v) is 7.78. The monoisotopic (exact) mass is 275 g/mol. The van der Waals surface area contributed by atoms with Crippen molar-refractivity contribution in [2.75, 3.05) is 0 Å². The molecule has 3 rings (SSSR count). The van der Waals surface area contributed by atoms with Crippen molar-refractivity contribution < 1.29 is 0 Å². The molecule has 1 fully saturated rings. The average molecular weight is 275 g/mol. The third-order valence-electron chi connectivity index (χ3n) is 3.84. The average Bonchev–Trinajstić information content (AvgIpc) is 2.98. The minimum absolute atomic E-state index is 0.364. The van der Waals surface area contributed by atoms with Crippen LogP contribution in [0.5, 0.6) is 0 Å². The highest BCUT2D eigenvalue weighted by molar-refractivity contribution is 7.12. The van der Waals surface area contributed by atoms with E-state index < -0.39 is 0 Å². The molecule has 0 amide bonds. The zero-order chi connectivity index (χ0) is 13.4. The molecule has 2 heterocycles. The number of nitrogens with zero attached hydrogens (tertiary/aromatic N) is 2. The van der Waals surface area contributed by atoms with Crippen molar-refractivity contribution in [3.05, 3.63) is 39.6 Å². The van der Waals surface area contributed by atoms with E-state index in [4.69, 9.17) is 0 Å². The molecule has 19 heavy (non-hydrogen) atoms. The van der Waals surface area contributed by atoms with E-state index in [0.717, 1.165) is 12.6 Å². The summed E-state index contributed by atoms with van der Waals surface area (Å²) < 4.78 is 2.30. The highest BCUT2D eigenvalue weighted by Gasteiger charge is 2.21. The first kappa shape index (κ1) is 12.9. The van der Waals surface area contributed by atoms with Crippen LogP contribution in [0, 0.1) is 13.8 Å². The first-order chi connectivity index (χ1) is 9.15. The maximum atomic E-state index is 4.33. The van der Waals surface area contributed by atoms with Crippen LogP contribution in [0.1, 0.15) is 46.8 Å². The second kappa shape index (κ2) is 5.10. The van der Waals surface area contributed by atoms with Crippen LogP contribution < -0.4 is 5.32 Å². The maximum absolute atomic E-state index is 4.33. The Morgan fingerprint density at radius 3 is 2.89 bits per heavy atom. The van der Waals surface area contributed by atoms with Crippen LogP contribution in [0.2, 0.25) is 0 Å². The molecule has 1 unspecified atom stereocenters. The highest BCUT2D eigenvalue weighted by Crippen LogP contribution is 2.29. The van der Waals surface area contributed by atoms with Crippen LogP contribution in [0.3, 0.4) is 0 Å². The SMILES string of the molecule is Cc1cc(C(C)n2cncc2CNC2CC2)c(C)s1. The number of rotatable bonds is 5. The van der Waals surface area contributed by atoms with Gasteiger partial charge in [-0.1, -0.05) is 0 Å². The Bertz CT molecular complexity index is 566. The molecule has 0 spiro atoms. The van der Waals surface area contributed by atoms with Crippen molar-refractivity contribution >= 4 is 11.3 Å². The van der Waals surface area contributed by atoms with Crippen LogP contribution in [0.4, 0.5) is 0 Å². The number of nitrogens with one attached hydrogen (secondary N) is 1. The van der Waals surface area contributed by atoms with Gasteiger partial charge in [0.15, 0.2) is 0 Å². The molecule has 1 saturated carbocycles. The van der Waals surface area contributed by atoms with Gasteiger partial charge in [0.2, 0.25) is 0 Å². The summed E-state index contributed by atoms with van der Waals surface area (Å²) in [6.45, 7) is 7.58. The Kier molecular flexibility index (Phi) is 3.46. The predicted molar refractivity (Wildman–Crippen MR) is 79.7 cm³/mol. The van der Waals surface area contributed by atoms with Gasteiger partial charge in [-0.2, -0.15) is 0 Å². The summed E-state index contributed by atoms with van der Waals surface area (Å²) in [5.74, 6) is 0. The lowest BCUT2D eigenvalue weighted by molar-refractivity contribution is 0.574. The first-order valence-electron chi connectivity index (χ1n) is 6.96. The zero-order valence-corrected chi connectivity index (χ0v) is 12.6. The fourth-order valence-corrected chi connectivity index (χ4v) is 3.59. The zero-order valence-electron chi connectivity index (χ0n) is 11.8. The maximum Gasteiger partial charge on any atom is 0.0954 e. The van der Waals surface area contributed by atoms with Gasteiger partial charge in [-0.15, -0.1) is 11.3 Å². The lowest BCUT2D eigenvalue weighted by Gasteiger charge is -2.17. The molecule has 0 aromatic carbocycles. The molecular formula is C15H21N3S. The van der Waals surface area contributed by atoms with Crippen molar-refractivity contribution in [1.82, 2.24) is 14.9 Å². The normalized spacial score (nSPS) is 16.8. The molecule has 0 bridgehead atoms. The van der Waals surface area contributed by atoms with Crippen LogP contribution in [-0.2, 0) is 6.54 Å². The summed E-state index contributed by atoms with van der Waals surface area (Å²) in [4.78, 5) is 7.13. The molecule has 4 heteroatoms. The number of hydrogen-bond acceptors (Lipinski definition) is 3. The highest BCUT2D eigenvalue weighted by atomic mass is 32.1. The smallest absolute Gasteiger partial charge is 0.0954 e. The standard InChI is InChI=1S/C15H21N3S/c1-10-6-15(12(3)19-10)11(2)18-9-16-7-14(18)8-17-13-4-5-13/h6-7,9,11,13,17H,4-5,8H2,1-3H3. The largest absolute Gasteiger partial charge is 0.326 e. The second-order valence-electron chi connectivity index (χ2n) is 5.49. The van der Waals surface area contributed by atoms with Gasteiger partial charge in [0.25, 0.3) is 0 Å². The third-order valence-corrected chi connectivity index (χ3v) is 4.82. The third kappa shape index (κ3) is 2.74. The van der Waals surface area contributed by atoms with Gasteiger partial charge in [0, 0.05) is 28.5 Å². The summed E-state index contributed by atoms with van der Waals surface area (Å²) in [5, 5.41) is 3.57. The van der Waals surface area contributed by atoms with E-state index in [1.54, 1.807) is 0 Å². The Morgan fingerprint density at radius 2 is 2.26 bits per heavy atom. The van der Waals surface area contributed by atoms with Crippen LogP contribution in [0.25, 0.3) is 0 Å². The molecule has 1 aliphatic carbocycles. The fourth-order valence-electron chi connectivity index (χ4n) is 2.57. The molecule has 2 aromatic rings. The number of thiophene rings is 1. The molecule has 1 N–H and O–H groups in total. The topological polar surface area (TPSA) is 29.9 Å². The summed E-state index contributed by atoms with van der Waals surface area (Å²) >= 11 is 1.88. The van der Waals surface area contributed by atoms with Gasteiger partial charge in [-0.05, 0) is 45.2 Å². The minimum Gasteiger partial charge on any atom is -0.326 e. The van der Waals surface area contributed by atoms with Gasteiger partial charge in [-0.25, -0.2) is 4.98 Å². The number of imidazole rings is 1. The molecule has 0 saturated heterocycles. The second-order valence-corrected chi connectivity index (χ2v) is 6.95. The summed E-state index contributed by atoms with van der Waals surface area (Å²) in [6, 6.07) is 3.41. The van der Waals surface area contributed by atoms with Crippen molar-refractivity contribution in [3.63, 3.8) is 0 Å². The Morgan fingerprint density at radius 1 is 1.47 bits per heavy atom. The minimum atomic E-state index is 0.364. The van der Waals surface area contributed by atoms with Crippen molar-refractivity contribution in [1.29, 1.82) is 0 Å². The van der Waals surface area contributed by atoms with Crippen molar-refractivity contribution in [2.45, 2.75) is 52.2 Å². The summed E-state index contributed by atoms with van der Waals surface area (Å²) in [5.41, 5.74) is 2.70. The van der Waals surface area contributed by atoms with E-state index in [-0.39, 0.29) is 0 Å². The van der Waals surface area contributed by atoms with Crippen LogP contribution >= 0.6 is 11.3 Å². The molecule has 1 aliphatic rings. The van der Waals surface area contributed by atoms with Gasteiger partial charge >= 0.3 is 0 Å². The Labute approximate surface area is 118 Å². The Hall–Kier alpha value is -1.13. The van der Waals surface area contributed by atoms with Gasteiger partial charge in [0.05, 0.1) is 18.1 Å². The summed E-state index contributed by atoms with van der Waals surface area (Å²) in [7, 11) is 0. The predicted octanol–water partition coefficient (Wildman–Crippen LogP) is 3.42. The molecule has 3 nitrogen and oxygen atoms in total. The van der Waals surface area contributed by atoms with Crippen LogP contribution in [0.15, 0.2) is 18.6 Å². The molecule has 0 aliphatic heterocycles. The van der Waals surface area contributed by atoms with Gasteiger partial charge in [-0.3, -0.25) is 0 Å². The number of hydrogen-bond donors (Lipinski definition) is 1. The lowest BCUT2D eigenvalue weighted by Crippen LogP contribution is -2.19.